The average molecular weight is 394 g/mol. The van der Waals surface area contributed by atoms with Gasteiger partial charge in [-0.3, -0.25) is 9.59 Å². The highest BCUT2D eigenvalue weighted by Crippen LogP contribution is 2.35. The first kappa shape index (κ1) is 18.2. The van der Waals surface area contributed by atoms with Crippen LogP contribution in [0, 0.1) is 0 Å². The van der Waals surface area contributed by atoms with Crippen LogP contribution in [-0.2, 0) is 4.79 Å². The number of hydrogen-bond acceptors (Lipinski definition) is 6. The molecule has 3 heterocycles. The molecule has 3 aromatic rings. The zero-order chi connectivity index (χ0) is 19.5. The average Bonchev–Trinajstić information content (AvgIpc) is 3.46. The van der Waals surface area contributed by atoms with Crippen molar-refractivity contribution in [3.8, 4) is 5.75 Å². The van der Waals surface area contributed by atoms with E-state index < -0.39 is 0 Å². The van der Waals surface area contributed by atoms with Crippen LogP contribution in [0.15, 0.2) is 69.7 Å². The number of benzene rings is 1. The zero-order valence-electron chi connectivity index (χ0n) is 15.2. The summed E-state index contributed by atoms with van der Waals surface area (Å²) < 4.78 is 11.1. The van der Waals surface area contributed by atoms with Gasteiger partial charge in [-0.15, -0.1) is 11.3 Å². The quantitative estimate of drug-likeness (QED) is 0.585. The predicted octanol–water partition coefficient (Wildman–Crippen LogP) is 4.30. The topological polar surface area (TPSA) is 72.1 Å². The van der Waals surface area contributed by atoms with Crippen molar-refractivity contribution in [2.45, 2.75) is 19.4 Å². The Bertz CT molecular complexity index is 992. The molecule has 1 aromatic carbocycles. The highest BCUT2D eigenvalue weighted by atomic mass is 32.1. The molecule has 0 saturated heterocycles. The summed E-state index contributed by atoms with van der Waals surface area (Å²) in [5.41, 5.74) is 1.34. The number of hydrazone groups is 1. The van der Waals surface area contributed by atoms with Crippen molar-refractivity contribution in [1.29, 1.82) is 0 Å². The molecular formula is C21H18N2O4S. The van der Waals surface area contributed by atoms with Crippen LogP contribution in [0.25, 0.3) is 0 Å². The molecule has 7 heteroatoms. The summed E-state index contributed by atoms with van der Waals surface area (Å²) in [4.78, 5) is 25.2. The van der Waals surface area contributed by atoms with E-state index in [-0.39, 0.29) is 24.3 Å². The van der Waals surface area contributed by atoms with Crippen LogP contribution in [0.1, 0.15) is 40.4 Å². The van der Waals surface area contributed by atoms with E-state index in [0.29, 0.717) is 23.5 Å². The molecule has 1 atom stereocenters. The van der Waals surface area contributed by atoms with Gasteiger partial charge in [0.1, 0.15) is 17.2 Å². The number of thiophene rings is 1. The van der Waals surface area contributed by atoms with E-state index in [1.54, 1.807) is 47.9 Å². The van der Waals surface area contributed by atoms with Crippen molar-refractivity contribution in [1.82, 2.24) is 5.01 Å². The number of carbonyl (C=O) groups excluding carboxylic acids is 2. The monoisotopic (exact) mass is 394 g/mol. The van der Waals surface area contributed by atoms with Crippen molar-refractivity contribution < 1.29 is 18.7 Å². The van der Waals surface area contributed by atoms with Crippen LogP contribution in [0.5, 0.6) is 5.75 Å². The minimum atomic E-state index is -0.240. The van der Waals surface area contributed by atoms with Gasteiger partial charge in [-0.05, 0) is 54.8 Å². The lowest BCUT2D eigenvalue weighted by Crippen LogP contribution is -2.31. The SMILES string of the molecule is CC(=O)c1ccc(OCC(=O)N2N=C(c3ccco3)CC2c2cccs2)cc1. The second-order valence-electron chi connectivity index (χ2n) is 6.37. The van der Waals surface area contributed by atoms with Gasteiger partial charge in [0.15, 0.2) is 12.4 Å². The van der Waals surface area contributed by atoms with Crippen molar-refractivity contribution >= 4 is 28.7 Å². The van der Waals surface area contributed by atoms with E-state index >= 15 is 0 Å². The second-order valence-corrected chi connectivity index (χ2v) is 7.35. The molecule has 1 unspecified atom stereocenters. The fraction of sp³-hybridized carbons (Fsp3) is 0.190. The van der Waals surface area contributed by atoms with E-state index in [4.69, 9.17) is 9.15 Å². The summed E-state index contributed by atoms with van der Waals surface area (Å²) in [5, 5.41) is 7.97. The maximum absolute atomic E-state index is 12.8. The van der Waals surface area contributed by atoms with Crippen molar-refractivity contribution in [2.75, 3.05) is 6.61 Å². The van der Waals surface area contributed by atoms with Crippen molar-refractivity contribution in [2.24, 2.45) is 5.10 Å². The molecule has 6 nitrogen and oxygen atoms in total. The molecule has 0 N–H and O–H groups in total. The molecule has 0 fully saturated rings. The zero-order valence-corrected chi connectivity index (χ0v) is 16.0. The number of carbonyl (C=O) groups is 2. The molecule has 142 valence electrons. The summed E-state index contributed by atoms with van der Waals surface area (Å²) in [5.74, 6) is 0.937. The Morgan fingerprint density at radius 1 is 1.21 bits per heavy atom. The molecule has 0 radical (unpaired) electrons. The van der Waals surface area contributed by atoms with Gasteiger partial charge in [-0.1, -0.05) is 6.07 Å². The van der Waals surface area contributed by atoms with E-state index in [1.165, 1.54) is 11.9 Å². The molecule has 1 amide bonds. The maximum Gasteiger partial charge on any atom is 0.281 e. The molecule has 0 bridgehead atoms. The Morgan fingerprint density at radius 3 is 2.68 bits per heavy atom. The highest BCUT2D eigenvalue weighted by Gasteiger charge is 2.34. The molecule has 4 rings (SSSR count). The molecule has 28 heavy (non-hydrogen) atoms. The number of rotatable bonds is 6. The number of amides is 1. The minimum absolute atomic E-state index is 0.0155. The van der Waals surface area contributed by atoms with Crippen LogP contribution in [-0.4, -0.2) is 29.0 Å². The van der Waals surface area contributed by atoms with E-state index in [0.717, 1.165) is 10.6 Å². The van der Waals surface area contributed by atoms with Crippen LogP contribution in [0.3, 0.4) is 0 Å². The van der Waals surface area contributed by atoms with Crippen molar-refractivity contribution in [3.05, 3.63) is 76.4 Å². The van der Waals surface area contributed by atoms with Gasteiger partial charge in [0, 0.05) is 16.9 Å². The van der Waals surface area contributed by atoms with Gasteiger partial charge in [-0.2, -0.15) is 5.10 Å². The molecule has 1 aliphatic heterocycles. The summed E-state index contributed by atoms with van der Waals surface area (Å²) in [7, 11) is 0. The normalized spacial score (nSPS) is 16.1. The molecular weight excluding hydrogens is 376 g/mol. The predicted molar refractivity (Wildman–Crippen MR) is 106 cm³/mol. The maximum atomic E-state index is 12.8. The fourth-order valence-corrected chi connectivity index (χ4v) is 3.84. The summed E-state index contributed by atoms with van der Waals surface area (Å²) in [6.07, 6.45) is 2.18. The number of Topliss-reactive ketones (excluding diaryl/α,β-unsaturated/α-hetero) is 1. The van der Waals surface area contributed by atoms with Crippen molar-refractivity contribution in [3.63, 3.8) is 0 Å². The highest BCUT2D eigenvalue weighted by molar-refractivity contribution is 7.10. The fourth-order valence-electron chi connectivity index (χ4n) is 3.03. The lowest BCUT2D eigenvalue weighted by atomic mass is 10.1. The van der Waals surface area contributed by atoms with Crippen LogP contribution in [0.2, 0.25) is 0 Å². The Kier molecular flexibility index (Phi) is 5.08. The Labute approximate surface area is 166 Å². The van der Waals surface area contributed by atoms with E-state index in [1.807, 2.05) is 23.6 Å². The molecule has 0 aliphatic carbocycles. The number of nitrogens with zero attached hydrogens (tertiary/aromatic N) is 2. The third-order valence-corrected chi connectivity index (χ3v) is 5.44. The first-order valence-electron chi connectivity index (χ1n) is 8.82. The van der Waals surface area contributed by atoms with E-state index in [9.17, 15) is 9.59 Å². The van der Waals surface area contributed by atoms with Gasteiger partial charge >= 0.3 is 0 Å². The number of ether oxygens (including phenoxy) is 1. The third-order valence-electron chi connectivity index (χ3n) is 4.47. The molecule has 0 spiro atoms. The number of hydrogen-bond donors (Lipinski definition) is 0. The van der Waals surface area contributed by atoms with Gasteiger partial charge in [0.05, 0.1) is 12.3 Å². The first-order chi connectivity index (χ1) is 13.6. The Balaban J connectivity index is 1.49. The van der Waals surface area contributed by atoms with Gasteiger partial charge < -0.3 is 9.15 Å². The van der Waals surface area contributed by atoms with Gasteiger partial charge in [-0.25, -0.2) is 5.01 Å². The Hall–Kier alpha value is -3.19. The largest absolute Gasteiger partial charge is 0.484 e. The molecule has 0 saturated carbocycles. The number of ketones is 1. The lowest BCUT2D eigenvalue weighted by molar-refractivity contribution is -0.135. The van der Waals surface area contributed by atoms with Crippen LogP contribution >= 0.6 is 11.3 Å². The summed E-state index contributed by atoms with van der Waals surface area (Å²) >= 11 is 1.59. The molecule has 1 aliphatic rings. The Morgan fingerprint density at radius 2 is 2.04 bits per heavy atom. The smallest absolute Gasteiger partial charge is 0.281 e. The van der Waals surface area contributed by atoms with Gasteiger partial charge in [0.2, 0.25) is 0 Å². The van der Waals surface area contributed by atoms with Gasteiger partial charge in [0.25, 0.3) is 5.91 Å². The second kappa shape index (κ2) is 7.82. The summed E-state index contributed by atoms with van der Waals surface area (Å²) in [6, 6.07) is 14.2. The first-order valence-corrected chi connectivity index (χ1v) is 9.70. The van der Waals surface area contributed by atoms with Crippen LogP contribution in [0.4, 0.5) is 0 Å². The number of furan rings is 1. The molecule has 2 aromatic heterocycles. The minimum Gasteiger partial charge on any atom is -0.484 e. The summed E-state index contributed by atoms with van der Waals surface area (Å²) in [6.45, 7) is 1.36. The lowest BCUT2D eigenvalue weighted by Gasteiger charge is -2.20. The standard InChI is InChI=1S/C21H18N2O4S/c1-14(24)15-6-8-16(9-7-15)27-13-21(25)23-18(20-5-3-11-28-20)12-17(22-23)19-4-2-10-26-19/h2-11,18H,12-13H2,1H3. The third kappa shape index (κ3) is 3.75. The van der Waals surface area contributed by atoms with Crippen LogP contribution < -0.4 is 4.74 Å². The van der Waals surface area contributed by atoms with E-state index in [2.05, 4.69) is 5.10 Å².